The lowest BCUT2D eigenvalue weighted by molar-refractivity contribution is -0.129. The summed E-state index contributed by atoms with van der Waals surface area (Å²) in [5.41, 5.74) is 2.25. The first-order chi connectivity index (χ1) is 14.1. The Bertz CT molecular complexity index is 838. The molecule has 0 aromatic heterocycles. The standard InChI is InChI=1S/C23H28N2O4/c1-28-20-9-8-18(14-21(20)29-2)11-13-25-16-19(15-22(25)26)23(27)24-12-10-17-6-4-3-5-7-17/h3-9,14,19H,10-13,15-16H2,1-2H3,(H,24,27)/t19-/m0/s1. The average Bonchev–Trinajstić information content (AvgIpc) is 3.13. The summed E-state index contributed by atoms with van der Waals surface area (Å²) in [7, 11) is 3.21. The molecule has 0 bridgehead atoms. The predicted molar refractivity (Wildman–Crippen MR) is 111 cm³/mol. The van der Waals surface area contributed by atoms with E-state index in [1.54, 1.807) is 19.1 Å². The van der Waals surface area contributed by atoms with Crippen LogP contribution < -0.4 is 14.8 Å². The molecule has 0 aliphatic carbocycles. The quantitative estimate of drug-likeness (QED) is 0.707. The largest absolute Gasteiger partial charge is 0.493 e. The highest BCUT2D eigenvalue weighted by molar-refractivity contribution is 5.89. The Morgan fingerprint density at radius 2 is 1.79 bits per heavy atom. The zero-order valence-electron chi connectivity index (χ0n) is 17.0. The van der Waals surface area contributed by atoms with E-state index in [2.05, 4.69) is 5.32 Å². The van der Waals surface area contributed by atoms with E-state index in [-0.39, 0.29) is 24.2 Å². The van der Waals surface area contributed by atoms with Gasteiger partial charge in [0.05, 0.1) is 20.1 Å². The van der Waals surface area contributed by atoms with Crippen molar-refractivity contribution in [2.75, 3.05) is 33.9 Å². The number of benzene rings is 2. The second-order valence-corrected chi connectivity index (χ2v) is 7.21. The van der Waals surface area contributed by atoms with Gasteiger partial charge in [-0.1, -0.05) is 36.4 Å². The van der Waals surface area contributed by atoms with Crippen molar-refractivity contribution in [2.45, 2.75) is 19.3 Å². The number of hydrogen-bond donors (Lipinski definition) is 1. The lowest BCUT2D eigenvalue weighted by atomic mass is 10.1. The van der Waals surface area contributed by atoms with Crippen LogP contribution >= 0.6 is 0 Å². The van der Waals surface area contributed by atoms with Crippen molar-refractivity contribution in [3.05, 3.63) is 59.7 Å². The van der Waals surface area contributed by atoms with Crippen LogP contribution in [0.25, 0.3) is 0 Å². The summed E-state index contributed by atoms with van der Waals surface area (Å²) in [6.45, 7) is 1.64. The van der Waals surface area contributed by atoms with Gasteiger partial charge in [-0.3, -0.25) is 9.59 Å². The second-order valence-electron chi connectivity index (χ2n) is 7.21. The van der Waals surface area contributed by atoms with E-state index in [0.29, 0.717) is 37.6 Å². The zero-order chi connectivity index (χ0) is 20.6. The van der Waals surface area contributed by atoms with Gasteiger partial charge < -0.3 is 19.7 Å². The average molecular weight is 396 g/mol. The second kappa shape index (κ2) is 9.96. The Hall–Kier alpha value is -3.02. The predicted octanol–water partition coefficient (Wildman–Crippen LogP) is 2.45. The Kier molecular flexibility index (Phi) is 7.11. The van der Waals surface area contributed by atoms with Crippen molar-refractivity contribution in [1.82, 2.24) is 10.2 Å². The maximum atomic E-state index is 12.4. The number of amides is 2. The fourth-order valence-corrected chi connectivity index (χ4v) is 3.58. The van der Waals surface area contributed by atoms with Gasteiger partial charge in [0, 0.05) is 26.1 Å². The van der Waals surface area contributed by atoms with Crippen molar-refractivity contribution < 1.29 is 19.1 Å². The number of ether oxygens (including phenoxy) is 2. The highest BCUT2D eigenvalue weighted by Gasteiger charge is 2.33. The highest BCUT2D eigenvalue weighted by Crippen LogP contribution is 2.28. The van der Waals surface area contributed by atoms with E-state index in [0.717, 1.165) is 12.0 Å². The zero-order valence-corrected chi connectivity index (χ0v) is 17.0. The minimum Gasteiger partial charge on any atom is -0.493 e. The summed E-state index contributed by atoms with van der Waals surface area (Å²) in [5.74, 6) is 1.08. The Balaban J connectivity index is 1.46. The Morgan fingerprint density at radius 1 is 1.03 bits per heavy atom. The van der Waals surface area contributed by atoms with Crippen LogP contribution in [0.5, 0.6) is 11.5 Å². The van der Waals surface area contributed by atoms with Crippen molar-refractivity contribution in [1.29, 1.82) is 0 Å². The van der Waals surface area contributed by atoms with Gasteiger partial charge in [0.2, 0.25) is 11.8 Å². The molecule has 2 aromatic rings. The maximum Gasteiger partial charge on any atom is 0.225 e. The van der Waals surface area contributed by atoms with Crippen LogP contribution in [0.3, 0.4) is 0 Å². The molecule has 1 atom stereocenters. The number of nitrogens with one attached hydrogen (secondary N) is 1. The van der Waals surface area contributed by atoms with Crippen LogP contribution in [0, 0.1) is 5.92 Å². The molecule has 1 N–H and O–H groups in total. The van der Waals surface area contributed by atoms with Gasteiger partial charge in [0.25, 0.3) is 0 Å². The van der Waals surface area contributed by atoms with Crippen molar-refractivity contribution in [3.63, 3.8) is 0 Å². The first kappa shape index (κ1) is 20.7. The van der Waals surface area contributed by atoms with Crippen LogP contribution in [0.1, 0.15) is 17.5 Å². The summed E-state index contributed by atoms with van der Waals surface area (Å²) < 4.78 is 10.6. The molecule has 0 saturated carbocycles. The van der Waals surface area contributed by atoms with Crippen LogP contribution in [0.15, 0.2) is 48.5 Å². The summed E-state index contributed by atoms with van der Waals surface area (Å²) in [4.78, 5) is 26.5. The van der Waals surface area contributed by atoms with Gasteiger partial charge >= 0.3 is 0 Å². The highest BCUT2D eigenvalue weighted by atomic mass is 16.5. The molecule has 1 saturated heterocycles. The molecular weight excluding hydrogens is 368 g/mol. The minimum atomic E-state index is -0.274. The molecule has 154 valence electrons. The molecular formula is C23H28N2O4. The number of likely N-dealkylation sites (tertiary alicyclic amines) is 1. The topological polar surface area (TPSA) is 67.9 Å². The molecule has 0 unspecified atom stereocenters. The fourth-order valence-electron chi connectivity index (χ4n) is 3.58. The number of rotatable bonds is 9. The summed E-state index contributed by atoms with van der Waals surface area (Å²) in [6.07, 6.45) is 1.77. The molecule has 29 heavy (non-hydrogen) atoms. The molecule has 0 spiro atoms. The SMILES string of the molecule is COc1ccc(CCN2C[C@@H](C(=O)NCCc3ccccc3)CC2=O)cc1OC. The molecule has 3 rings (SSSR count). The number of carbonyl (C=O) groups excluding carboxylic acids is 2. The molecule has 6 heteroatoms. The third kappa shape index (κ3) is 5.50. The van der Waals surface area contributed by atoms with Gasteiger partial charge in [-0.2, -0.15) is 0 Å². The van der Waals surface area contributed by atoms with E-state index in [4.69, 9.17) is 9.47 Å². The van der Waals surface area contributed by atoms with E-state index < -0.39 is 0 Å². The lowest BCUT2D eigenvalue weighted by Gasteiger charge is -2.17. The monoisotopic (exact) mass is 396 g/mol. The van der Waals surface area contributed by atoms with Crippen LogP contribution in [-0.4, -0.2) is 50.6 Å². The molecule has 2 amide bonds. The molecule has 2 aromatic carbocycles. The Labute approximate surface area is 171 Å². The van der Waals surface area contributed by atoms with E-state index in [9.17, 15) is 9.59 Å². The van der Waals surface area contributed by atoms with Gasteiger partial charge in [0.1, 0.15) is 0 Å². The van der Waals surface area contributed by atoms with Crippen molar-refractivity contribution in [3.8, 4) is 11.5 Å². The smallest absolute Gasteiger partial charge is 0.225 e. The van der Waals surface area contributed by atoms with Crippen LogP contribution in [0.4, 0.5) is 0 Å². The lowest BCUT2D eigenvalue weighted by Crippen LogP contribution is -2.34. The van der Waals surface area contributed by atoms with E-state index in [1.807, 2.05) is 48.5 Å². The first-order valence-corrected chi connectivity index (χ1v) is 9.91. The molecule has 0 radical (unpaired) electrons. The van der Waals surface area contributed by atoms with Crippen molar-refractivity contribution in [2.24, 2.45) is 5.92 Å². The number of hydrogen-bond acceptors (Lipinski definition) is 4. The maximum absolute atomic E-state index is 12.4. The van der Waals surface area contributed by atoms with Crippen LogP contribution in [-0.2, 0) is 22.4 Å². The van der Waals surface area contributed by atoms with Gasteiger partial charge in [0.15, 0.2) is 11.5 Å². The van der Waals surface area contributed by atoms with Gasteiger partial charge in [-0.25, -0.2) is 0 Å². The third-order valence-corrected chi connectivity index (χ3v) is 5.26. The van der Waals surface area contributed by atoms with E-state index >= 15 is 0 Å². The fraction of sp³-hybridized carbons (Fsp3) is 0.391. The normalized spacial score (nSPS) is 16.0. The first-order valence-electron chi connectivity index (χ1n) is 9.91. The summed E-state index contributed by atoms with van der Waals surface area (Å²) in [6, 6.07) is 15.8. The van der Waals surface area contributed by atoms with Gasteiger partial charge in [-0.15, -0.1) is 0 Å². The molecule has 1 aliphatic rings. The van der Waals surface area contributed by atoms with Crippen molar-refractivity contribution >= 4 is 11.8 Å². The number of carbonyl (C=O) groups is 2. The Morgan fingerprint density at radius 3 is 2.52 bits per heavy atom. The van der Waals surface area contributed by atoms with Gasteiger partial charge in [-0.05, 0) is 36.1 Å². The number of methoxy groups -OCH3 is 2. The summed E-state index contributed by atoms with van der Waals surface area (Å²) >= 11 is 0. The molecule has 1 aliphatic heterocycles. The van der Waals surface area contributed by atoms with E-state index in [1.165, 1.54) is 5.56 Å². The molecule has 1 fully saturated rings. The summed E-state index contributed by atoms with van der Waals surface area (Å²) in [5, 5.41) is 2.97. The third-order valence-electron chi connectivity index (χ3n) is 5.26. The minimum absolute atomic E-state index is 0.0358. The van der Waals surface area contributed by atoms with Crippen LogP contribution in [0.2, 0.25) is 0 Å². The molecule has 6 nitrogen and oxygen atoms in total. The molecule has 1 heterocycles. The number of nitrogens with zero attached hydrogens (tertiary/aromatic N) is 1.